The third-order valence-corrected chi connectivity index (χ3v) is 6.44. The molecule has 1 unspecified atom stereocenters. The van der Waals surface area contributed by atoms with Crippen LogP contribution in [-0.2, 0) is 9.59 Å². The zero-order chi connectivity index (χ0) is 21.0. The smallest absolute Gasteiger partial charge is 0.306 e. The first kappa shape index (κ1) is 21.4. The van der Waals surface area contributed by atoms with E-state index in [0.717, 1.165) is 24.2 Å². The molecule has 0 saturated heterocycles. The largest absolute Gasteiger partial charge is 0.481 e. The minimum atomic E-state index is -0.901. The fraction of sp³-hybridized carbons (Fsp3) is 0.524. The zero-order valence-corrected chi connectivity index (χ0v) is 17.2. The van der Waals surface area contributed by atoms with Crippen LogP contribution in [0.5, 0.6) is 0 Å². The van der Waals surface area contributed by atoms with Crippen LogP contribution in [-0.4, -0.2) is 58.3 Å². The van der Waals surface area contributed by atoms with Gasteiger partial charge < -0.3 is 10.4 Å². The third-order valence-electron chi connectivity index (χ3n) is 5.80. The Morgan fingerprint density at radius 3 is 2.38 bits per heavy atom. The van der Waals surface area contributed by atoms with Gasteiger partial charge in [-0.15, -0.1) is 0 Å². The van der Waals surface area contributed by atoms with Gasteiger partial charge in [0.25, 0.3) is 11.8 Å². The Hall–Kier alpha value is -2.35. The van der Waals surface area contributed by atoms with Crippen LogP contribution in [0.3, 0.4) is 0 Å². The second-order valence-corrected chi connectivity index (χ2v) is 8.54. The van der Waals surface area contributed by atoms with Crippen molar-refractivity contribution in [2.24, 2.45) is 11.8 Å². The molecule has 0 aromatic heterocycles. The van der Waals surface area contributed by atoms with Crippen molar-refractivity contribution in [1.82, 2.24) is 10.2 Å². The molecular weight excluding hydrogens is 392 g/mol. The molecule has 1 aromatic carbocycles. The summed E-state index contributed by atoms with van der Waals surface area (Å²) in [5.41, 5.74) is 0.635. The number of imide groups is 1. The Morgan fingerprint density at radius 1 is 1.17 bits per heavy atom. The van der Waals surface area contributed by atoms with E-state index in [1.54, 1.807) is 24.3 Å². The molecular formula is C21H26N2O5S. The number of hydrogen-bond donors (Lipinski definition) is 2. The molecule has 0 bridgehead atoms. The summed E-state index contributed by atoms with van der Waals surface area (Å²) in [4.78, 5) is 51.1. The molecule has 3 rings (SSSR count). The molecule has 8 heteroatoms. The normalized spacial score (nSPS) is 22.3. The van der Waals surface area contributed by atoms with Crippen LogP contribution >= 0.6 is 11.8 Å². The fourth-order valence-electron chi connectivity index (χ4n) is 4.22. The number of benzene rings is 1. The summed E-state index contributed by atoms with van der Waals surface area (Å²) in [6.45, 7) is 0.245. The number of carboxylic acid groups (broad SMARTS) is 1. The minimum Gasteiger partial charge on any atom is -0.481 e. The number of amides is 3. The van der Waals surface area contributed by atoms with Gasteiger partial charge in [-0.25, -0.2) is 0 Å². The van der Waals surface area contributed by atoms with E-state index in [1.807, 2.05) is 6.26 Å². The number of carbonyl (C=O) groups excluding carboxylic acids is 3. The summed E-state index contributed by atoms with van der Waals surface area (Å²) in [6.07, 6.45) is 5.44. The average molecular weight is 419 g/mol. The van der Waals surface area contributed by atoms with E-state index in [0.29, 0.717) is 29.7 Å². The van der Waals surface area contributed by atoms with Crippen molar-refractivity contribution in [3.63, 3.8) is 0 Å². The quantitative estimate of drug-likeness (QED) is 0.629. The molecule has 0 spiro atoms. The molecule has 1 saturated carbocycles. The fourth-order valence-corrected chi connectivity index (χ4v) is 4.68. The lowest BCUT2D eigenvalue weighted by molar-refractivity contribution is -0.145. The lowest BCUT2D eigenvalue weighted by atomic mass is 9.79. The van der Waals surface area contributed by atoms with Crippen molar-refractivity contribution in [3.8, 4) is 0 Å². The van der Waals surface area contributed by atoms with Gasteiger partial charge >= 0.3 is 5.97 Å². The van der Waals surface area contributed by atoms with Crippen molar-refractivity contribution in [3.05, 3.63) is 35.4 Å². The van der Waals surface area contributed by atoms with Crippen LogP contribution in [0.25, 0.3) is 0 Å². The van der Waals surface area contributed by atoms with Crippen LogP contribution in [0.1, 0.15) is 52.8 Å². The number of thioether (sulfide) groups is 1. The molecule has 3 amide bonds. The van der Waals surface area contributed by atoms with Crippen LogP contribution in [0, 0.1) is 11.8 Å². The van der Waals surface area contributed by atoms with Crippen molar-refractivity contribution >= 4 is 35.5 Å². The molecule has 1 aliphatic heterocycles. The molecule has 3 atom stereocenters. The van der Waals surface area contributed by atoms with Gasteiger partial charge in [0, 0.05) is 6.54 Å². The second-order valence-electron chi connectivity index (χ2n) is 7.56. The maximum atomic E-state index is 13.0. The predicted molar refractivity (Wildman–Crippen MR) is 110 cm³/mol. The first-order valence-corrected chi connectivity index (χ1v) is 11.3. The van der Waals surface area contributed by atoms with Gasteiger partial charge in [-0.1, -0.05) is 25.0 Å². The maximum Gasteiger partial charge on any atom is 0.306 e. The van der Waals surface area contributed by atoms with Gasteiger partial charge in [-0.05, 0) is 49.3 Å². The Kier molecular flexibility index (Phi) is 6.95. The maximum absolute atomic E-state index is 13.0. The third kappa shape index (κ3) is 4.47. The molecule has 2 N–H and O–H groups in total. The molecule has 7 nitrogen and oxygen atoms in total. The van der Waals surface area contributed by atoms with Crippen molar-refractivity contribution in [2.75, 3.05) is 18.6 Å². The van der Waals surface area contributed by atoms with E-state index in [1.165, 1.54) is 11.8 Å². The minimum absolute atomic E-state index is 0.131. The Labute approximate surface area is 174 Å². The van der Waals surface area contributed by atoms with Gasteiger partial charge in [-0.3, -0.25) is 24.1 Å². The van der Waals surface area contributed by atoms with E-state index in [2.05, 4.69) is 5.32 Å². The van der Waals surface area contributed by atoms with Crippen molar-refractivity contribution in [1.29, 1.82) is 0 Å². The van der Waals surface area contributed by atoms with Crippen LogP contribution in [0.15, 0.2) is 24.3 Å². The average Bonchev–Trinajstić information content (AvgIpc) is 2.98. The molecule has 2 aliphatic rings. The summed E-state index contributed by atoms with van der Waals surface area (Å²) < 4.78 is 0. The standard InChI is InChI=1S/C21H26N2O5S/c1-29-11-10-17(23-19(25)15-8-4-5-9-16(15)20(23)26)18(24)22-12-13-6-2-3-7-14(13)21(27)28/h4-5,8-9,13-14,17H,2-3,6-7,10-12H2,1H3,(H,22,24)(H,27,28)/t13-,14-,17?/m0/s1. The number of rotatable bonds is 8. The summed E-state index contributed by atoms with van der Waals surface area (Å²) in [5, 5.41) is 12.3. The second kappa shape index (κ2) is 9.43. The number of carboxylic acids is 1. The van der Waals surface area contributed by atoms with Gasteiger partial charge in [0.1, 0.15) is 6.04 Å². The van der Waals surface area contributed by atoms with Gasteiger partial charge in [0.15, 0.2) is 0 Å². The molecule has 1 fully saturated rings. The topological polar surface area (TPSA) is 104 Å². The Morgan fingerprint density at radius 2 is 1.79 bits per heavy atom. The first-order valence-electron chi connectivity index (χ1n) is 9.92. The highest BCUT2D eigenvalue weighted by molar-refractivity contribution is 7.98. The number of hydrogen-bond acceptors (Lipinski definition) is 5. The number of fused-ring (bicyclic) bond motifs is 1. The highest BCUT2D eigenvalue weighted by Gasteiger charge is 2.42. The van der Waals surface area contributed by atoms with Crippen LogP contribution in [0.2, 0.25) is 0 Å². The lowest BCUT2D eigenvalue weighted by Gasteiger charge is -2.30. The Bertz CT molecular complexity index is 777. The molecule has 1 heterocycles. The lowest BCUT2D eigenvalue weighted by Crippen LogP contribution is -2.51. The van der Waals surface area contributed by atoms with Gasteiger partial charge in [-0.2, -0.15) is 11.8 Å². The van der Waals surface area contributed by atoms with E-state index in [9.17, 15) is 24.3 Å². The molecule has 1 aromatic rings. The van der Waals surface area contributed by atoms with Crippen molar-refractivity contribution in [2.45, 2.75) is 38.1 Å². The summed E-state index contributed by atoms with van der Waals surface area (Å²) >= 11 is 1.54. The highest BCUT2D eigenvalue weighted by Crippen LogP contribution is 2.30. The number of nitrogens with zero attached hydrogens (tertiary/aromatic N) is 1. The summed E-state index contributed by atoms with van der Waals surface area (Å²) in [7, 11) is 0. The summed E-state index contributed by atoms with van der Waals surface area (Å²) in [6, 6.07) is 5.68. The van der Waals surface area contributed by atoms with Crippen LogP contribution < -0.4 is 5.32 Å². The van der Waals surface area contributed by atoms with Gasteiger partial charge in [0.05, 0.1) is 17.0 Å². The van der Waals surface area contributed by atoms with E-state index in [4.69, 9.17) is 0 Å². The number of aliphatic carboxylic acids is 1. The molecule has 29 heavy (non-hydrogen) atoms. The molecule has 0 radical (unpaired) electrons. The van der Waals surface area contributed by atoms with Crippen LogP contribution in [0.4, 0.5) is 0 Å². The molecule has 1 aliphatic carbocycles. The van der Waals surface area contributed by atoms with Crippen molar-refractivity contribution < 1.29 is 24.3 Å². The van der Waals surface area contributed by atoms with Gasteiger partial charge in [0.2, 0.25) is 5.91 Å². The van der Waals surface area contributed by atoms with E-state index >= 15 is 0 Å². The number of carbonyl (C=O) groups is 4. The monoisotopic (exact) mass is 418 g/mol. The first-order chi connectivity index (χ1) is 14.0. The molecule has 156 valence electrons. The van der Waals surface area contributed by atoms with E-state index in [-0.39, 0.29) is 12.5 Å². The SMILES string of the molecule is CSCCC(C(=O)NC[C@@H]1CCCC[C@@H]1C(=O)O)N1C(=O)c2ccccc2C1=O. The predicted octanol–water partition coefficient (Wildman–Crippen LogP) is 2.41. The zero-order valence-electron chi connectivity index (χ0n) is 16.4. The number of nitrogens with one attached hydrogen (secondary N) is 1. The summed E-state index contributed by atoms with van der Waals surface area (Å²) in [5.74, 6) is -2.11. The Balaban J connectivity index is 1.73. The van der Waals surface area contributed by atoms with E-state index < -0.39 is 35.7 Å². The highest BCUT2D eigenvalue weighted by atomic mass is 32.2.